The number of nitrogens with zero attached hydrogens (tertiary/aromatic N) is 1. The molecule has 1 unspecified atom stereocenters. The van der Waals surface area contributed by atoms with Gasteiger partial charge in [0.15, 0.2) is 0 Å². The number of hydrogen-bond donors (Lipinski definition) is 2. The van der Waals surface area contributed by atoms with E-state index in [1.54, 1.807) is 12.1 Å². The number of anilines is 1. The summed E-state index contributed by atoms with van der Waals surface area (Å²) in [7, 11) is 0. The summed E-state index contributed by atoms with van der Waals surface area (Å²) in [5, 5.41) is 15.4. The average molecular weight is 405 g/mol. The van der Waals surface area contributed by atoms with Gasteiger partial charge in [0.1, 0.15) is 0 Å². The van der Waals surface area contributed by atoms with Crippen molar-refractivity contribution in [2.75, 3.05) is 31.1 Å². The zero-order chi connectivity index (χ0) is 21.1. The van der Waals surface area contributed by atoms with Gasteiger partial charge in [-0.25, -0.2) is 4.79 Å². The van der Waals surface area contributed by atoms with Gasteiger partial charge in [0, 0.05) is 31.4 Å². The first-order valence-electron chi connectivity index (χ1n) is 10.4. The fraction of sp³-hybridized carbons (Fsp3) is 0.320. The molecule has 4 rings (SSSR count). The number of carboxylic acids is 1. The first-order chi connectivity index (χ1) is 14.5. The van der Waals surface area contributed by atoms with Gasteiger partial charge < -0.3 is 20.1 Å². The van der Waals surface area contributed by atoms with E-state index in [-0.39, 0.29) is 12.1 Å². The summed E-state index contributed by atoms with van der Waals surface area (Å²) < 4.78 is 6.01. The molecule has 0 spiro atoms. The highest BCUT2D eigenvalue weighted by atomic mass is 16.5. The molecule has 0 aliphatic carbocycles. The zero-order valence-corrected chi connectivity index (χ0v) is 17.5. The van der Waals surface area contributed by atoms with E-state index in [0.29, 0.717) is 12.2 Å². The second-order valence-electron chi connectivity index (χ2n) is 7.94. The fourth-order valence-electron chi connectivity index (χ4n) is 4.25. The number of aromatic carboxylic acids is 1. The van der Waals surface area contributed by atoms with E-state index in [1.165, 1.54) is 16.3 Å². The molecule has 2 atom stereocenters. The molecule has 1 heterocycles. The Hall–Kier alpha value is -2.89. The molecule has 5 nitrogen and oxygen atoms in total. The van der Waals surface area contributed by atoms with E-state index in [0.717, 1.165) is 30.9 Å². The van der Waals surface area contributed by atoms with Gasteiger partial charge in [-0.3, -0.25) is 0 Å². The lowest BCUT2D eigenvalue weighted by atomic mass is 9.99. The van der Waals surface area contributed by atoms with Crippen LogP contribution >= 0.6 is 0 Å². The first-order valence-corrected chi connectivity index (χ1v) is 10.4. The Kier molecular flexibility index (Phi) is 6.02. The number of fused-ring (bicyclic) bond motifs is 1. The minimum atomic E-state index is -0.892. The summed E-state index contributed by atoms with van der Waals surface area (Å²) in [5.74, 6) is -0.892. The number of aryl methyl sites for hydroxylation is 1. The van der Waals surface area contributed by atoms with Crippen molar-refractivity contribution in [2.45, 2.75) is 26.0 Å². The zero-order valence-electron chi connectivity index (χ0n) is 17.5. The summed E-state index contributed by atoms with van der Waals surface area (Å²) >= 11 is 0. The molecule has 0 amide bonds. The average Bonchev–Trinajstić information content (AvgIpc) is 2.77. The van der Waals surface area contributed by atoms with Crippen LogP contribution in [0.3, 0.4) is 0 Å². The Morgan fingerprint density at radius 1 is 1.20 bits per heavy atom. The predicted octanol–water partition coefficient (Wildman–Crippen LogP) is 4.40. The molecule has 0 saturated carbocycles. The summed E-state index contributed by atoms with van der Waals surface area (Å²) in [6.07, 6.45) is 0.0785. The van der Waals surface area contributed by atoms with Gasteiger partial charge in [-0.2, -0.15) is 0 Å². The highest BCUT2D eigenvalue weighted by Gasteiger charge is 2.23. The third-order valence-corrected chi connectivity index (χ3v) is 5.86. The summed E-state index contributed by atoms with van der Waals surface area (Å²) in [6, 6.07) is 20.4. The summed E-state index contributed by atoms with van der Waals surface area (Å²) in [4.78, 5) is 13.5. The highest BCUT2D eigenvalue weighted by molar-refractivity contribution is 5.88. The Morgan fingerprint density at radius 2 is 2.00 bits per heavy atom. The first kappa shape index (κ1) is 20.4. The monoisotopic (exact) mass is 404 g/mol. The lowest BCUT2D eigenvalue weighted by Crippen LogP contribution is -2.47. The van der Waals surface area contributed by atoms with Gasteiger partial charge in [0.2, 0.25) is 0 Å². The third kappa shape index (κ3) is 4.32. The molecular formula is C25H28N2O3. The quantitative estimate of drug-likeness (QED) is 0.638. The minimum absolute atomic E-state index is 0.0785. The van der Waals surface area contributed by atoms with Crippen molar-refractivity contribution in [3.63, 3.8) is 0 Å². The molecule has 1 fully saturated rings. The number of nitrogens with one attached hydrogen (secondary N) is 1. The summed E-state index contributed by atoms with van der Waals surface area (Å²) in [6.45, 7) is 7.16. The molecule has 1 saturated heterocycles. The molecule has 1 aliphatic heterocycles. The molecule has 1 aliphatic rings. The van der Waals surface area contributed by atoms with Crippen molar-refractivity contribution >= 4 is 22.4 Å². The van der Waals surface area contributed by atoms with E-state index >= 15 is 0 Å². The summed E-state index contributed by atoms with van der Waals surface area (Å²) in [5.41, 5.74) is 3.68. The van der Waals surface area contributed by atoms with Gasteiger partial charge in [-0.1, -0.05) is 42.5 Å². The van der Waals surface area contributed by atoms with Crippen molar-refractivity contribution in [2.24, 2.45) is 0 Å². The van der Waals surface area contributed by atoms with Crippen LogP contribution in [0.15, 0.2) is 60.7 Å². The maximum Gasteiger partial charge on any atom is 0.335 e. The van der Waals surface area contributed by atoms with Crippen LogP contribution in [0.5, 0.6) is 0 Å². The standard InChI is InChI=1S/C25H28N2O3/c1-17-14-20(25(28)29)10-11-24(17)27-12-13-30-21(16-27)15-26-18(2)22-9-5-7-19-6-3-4-8-23(19)22/h3-11,14,18,21,26H,12-13,15-16H2,1-2H3,(H,28,29)/t18-,21?/m1/s1. The van der Waals surface area contributed by atoms with Gasteiger partial charge in [0.05, 0.1) is 18.3 Å². The molecule has 30 heavy (non-hydrogen) atoms. The van der Waals surface area contributed by atoms with Crippen LogP contribution in [-0.4, -0.2) is 43.4 Å². The number of rotatable bonds is 6. The van der Waals surface area contributed by atoms with Gasteiger partial charge in [-0.15, -0.1) is 0 Å². The van der Waals surface area contributed by atoms with Gasteiger partial charge >= 0.3 is 5.97 Å². The van der Waals surface area contributed by atoms with E-state index in [9.17, 15) is 9.90 Å². The second kappa shape index (κ2) is 8.86. The van der Waals surface area contributed by atoms with Crippen molar-refractivity contribution in [1.29, 1.82) is 0 Å². The third-order valence-electron chi connectivity index (χ3n) is 5.86. The van der Waals surface area contributed by atoms with Crippen LogP contribution in [0.4, 0.5) is 5.69 Å². The molecule has 156 valence electrons. The minimum Gasteiger partial charge on any atom is -0.478 e. The molecule has 3 aromatic rings. The number of hydrogen-bond acceptors (Lipinski definition) is 4. The molecule has 0 aromatic heterocycles. The smallest absolute Gasteiger partial charge is 0.335 e. The topological polar surface area (TPSA) is 61.8 Å². The highest BCUT2D eigenvalue weighted by Crippen LogP contribution is 2.26. The number of morpholine rings is 1. The van der Waals surface area contributed by atoms with Crippen LogP contribution in [0.25, 0.3) is 10.8 Å². The molecule has 5 heteroatoms. The van der Waals surface area contributed by atoms with Crippen molar-refractivity contribution in [1.82, 2.24) is 5.32 Å². The Labute approximate surface area is 177 Å². The van der Waals surface area contributed by atoms with E-state index in [2.05, 4.69) is 59.6 Å². The van der Waals surface area contributed by atoms with Crippen LogP contribution in [-0.2, 0) is 4.74 Å². The van der Waals surface area contributed by atoms with E-state index in [1.807, 2.05) is 13.0 Å². The second-order valence-corrected chi connectivity index (χ2v) is 7.94. The molecule has 0 bridgehead atoms. The normalized spacial score (nSPS) is 17.8. The number of ether oxygens (including phenoxy) is 1. The van der Waals surface area contributed by atoms with Crippen LogP contribution < -0.4 is 10.2 Å². The molecule has 3 aromatic carbocycles. The Bertz CT molecular complexity index is 1040. The Morgan fingerprint density at radius 3 is 2.80 bits per heavy atom. The van der Waals surface area contributed by atoms with E-state index < -0.39 is 5.97 Å². The van der Waals surface area contributed by atoms with Gasteiger partial charge in [-0.05, 0) is 53.9 Å². The maximum atomic E-state index is 11.2. The number of carbonyl (C=O) groups is 1. The van der Waals surface area contributed by atoms with Gasteiger partial charge in [0.25, 0.3) is 0 Å². The van der Waals surface area contributed by atoms with Crippen LogP contribution in [0, 0.1) is 6.92 Å². The van der Waals surface area contributed by atoms with E-state index in [4.69, 9.17) is 4.74 Å². The van der Waals surface area contributed by atoms with Crippen LogP contribution in [0.2, 0.25) is 0 Å². The lowest BCUT2D eigenvalue weighted by molar-refractivity contribution is 0.0394. The molecule has 0 radical (unpaired) electrons. The number of benzene rings is 3. The maximum absolute atomic E-state index is 11.2. The predicted molar refractivity (Wildman–Crippen MR) is 120 cm³/mol. The molecular weight excluding hydrogens is 376 g/mol. The van der Waals surface area contributed by atoms with Crippen molar-refractivity contribution in [3.05, 3.63) is 77.4 Å². The Balaban J connectivity index is 1.41. The van der Waals surface area contributed by atoms with Crippen molar-refractivity contribution < 1.29 is 14.6 Å². The fourth-order valence-corrected chi connectivity index (χ4v) is 4.25. The lowest BCUT2D eigenvalue weighted by Gasteiger charge is -2.36. The molecule has 2 N–H and O–H groups in total. The van der Waals surface area contributed by atoms with Crippen molar-refractivity contribution in [3.8, 4) is 0 Å². The van der Waals surface area contributed by atoms with Crippen LogP contribution in [0.1, 0.15) is 34.5 Å². The number of carboxylic acid groups (broad SMARTS) is 1. The largest absolute Gasteiger partial charge is 0.478 e. The SMILES string of the molecule is Cc1cc(C(=O)O)ccc1N1CCOC(CN[C@H](C)c2cccc3ccccc23)C1.